The molecule has 8 heteroatoms. The van der Waals surface area contributed by atoms with Gasteiger partial charge in [0.25, 0.3) is 0 Å². The molecule has 0 fully saturated rings. The Kier molecular flexibility index (Phi) is 8.24. The van der Waals surface area contributed by atoms with Gasteiger partial charge < -0.3 is 15.1 Å². The Balaban J connectivity index is 0.00000300. The first-order valence-corrected chi connectivity index (χ1v) is 9.51. The fourth-order valence-corrected chi connectivity index (χ4v) is 2.88. The van der Waals surface area contributed by atoms with E-state index >= 15 is 0 Å². The summed E-state index contributed by atoms with van der Waals surface area (Å²) in [6.45, 7) is 7.86. The zero-order valence-electron chi connectivity index (χ0n) is 17.3. The number of H-pyrrole nitrogens is 1. The van der Waals surface area contributed by atoms with Crippen LogP contribution in [0.3, 0.4) is 0 Å². The molecule has 3 aromatic rings. The molecule has 1 aromatic carbocycles. The van der Waals surface area contributed by atoms with Gasteiger partial charge in [0.05, 0.1) is 12.8 Å². The number of hydrogen-bond donors (Lipinski definition) is 3. The molecule has 0 atom stereocenters. The number of furan rings is 1. The van der Waals surface area contributed by atoms with Gasteiger partial charge in [0.15, 0.2) is 11.7 Å². The van der Waals surface area contributed by atoms with Crippen LogP contribution in [-0.2, 0) is 18.4 Å². The fraction of sp³-hybridized carbons (Fsp3) is 0.381. The molecule has 2 heterocycles. The van der Waals surface area contributed by atoms with Gasteiger partial charge in [-0.2, -0.15) is 0 Å². The van der Waals surface area contributed by atoms with Crippen LogP contribution in [0, 0.1) is 0 Å². The van der Waals surface area contributed by atoms with E-state index < -0.39 is 0 Å². The van der Waals surface area contributed by atoms with Crippen molar-refractivity contribution in [2.24, 2.45) is 4.99 Å². The summed E-state index contributed by atoms with van der Waals surface area (Å²) in [5.41, 5.74) is 2.62. The van der Waals surface area contributed by atoms with Crippen molar-refractivity contribution in [3.05, 3.63) is 59.6 Å². The summed E-state index contributed by atoms with van der Waals surface area (Å²) in [5, 5.41) is 13.7. The van der Waals surface area contributed by atoms with E-state index in [0.717, 1.165) is 13.0 Å². The molecule has 0 aliphatic heterocycles. The molecule has 3 N–H and O–H groups in total. The summed E-state index contributed by atoms with van der Waals surface area (Å²) >= 11 is 0. The second kappa shape index (κ2) is 10.4. The highest BCUT2D eigenvalue weighted by Crippen LogP contribution is 2.22. The number of aryl methyl sites for hydroxylation is 1. The van der Waals surface area contributed by atoms with Crippen LogP contribution in [0.4, 0.5) is 0 Å². The van der Waals surface area contributed by atoms with E-state index in [4.69, 9.17) is 4.42 Å². The third-order valence-electron chi connectivity index (χ3n) is 4.76. The zero-order valence-corrected chi connectivity index (χ0v) is 19.7. The van der Waals surface area contributed by atoms with Gasteiger partial charge in [-0.15, -0.1) is 29.1 Å². The molecule has 0 aliphatic carbocycles. The topological polar surface area (TPSA) is 91.1 Å². The van der Waals surface area contributed by atoms with Gasteiger partial charge >= 0.3 is 0 Å². The van der Waals surface area contributed by atoms with E-state index in [0.29, 0.717) is 29.9 Å². The first-order valence-electron chi connectivity index (χ1n) is 9.51. The van der Waals surface area contributed by atoms with Gasteiger partial charge in [-0.1, -0.05) is 45.0 Å². The van der Waals surface area contributed by atoms with E-state index in [-0.39, 0.29) is 29.4 Å². The van der Waals surface area contributed by atoms with E-state index in [1.807, 2.05) is 12.1 Å². The molecule has 29 heavy (non-hydrogen) atoms. The number of aromatic nitrogens is 3. The molecule has 3 rings (SSSR count). The minimum atomic E-state index is -0.0252. The summed E-state index contributed by atoms with van der Waals surface area (Å²) in [6, 6.07) is 12.5. The number of aliphatic imine (C=N–C) groups is 1. The second-order valence-electron chi connectivity index (χ2n) is 7.30. The molecule has 0 radical (unpaired) electrons. The normalized spacial score (nSPS) is 11.8. The number of halogens is 1. The molecule has 0 spiro atoms. The third-order valence-corrected chi connectivity index (χ3v) is 4.76. The first-order chi connectivity index (χ1) is 13.5. The number of guanidine groups is 1. The van der Waals surface area contributed by atoms with E-state index in [1.54, 1.807) is 13.3 Å². The standard InChI is InChI=1S/C21H28N6O.HI/c1-5-15-8-10-16(11-9-15)21(2,3)14-24-20(22-4)23-13-18-25-19(27-26-18)17-7-6-12-28-17;/h6-12H,5,13-14H2,1-4H3,(H2,22,23,24)(H,25,26,27);1H. The molecule has 7 nitrogen and oxygen atoms in total. The number of nitrogens with one attached hydrogen (secondary N) is 3. The summed E-state index contributed by atoms with van der Waals surface area (Å²) in [5.74, 6) is 2.61. The zero-order chi connectivity index (χ0) is 20.0. The van der Waals surface area contributed by atoms with Crippen LogP contribution in [0.15, 0.2) is 52.1 Å². The Morgan fingerprint density at radius 3 is 2.55 bits per heavy atom. The molecule has 0 saturated heterocycles. The predicted molar refractivity (Wildman–Crippen MR) is 127 cm³/mol. The van der Waals surface area contributed by atoms with Gasteiger partial charge in [0.2, 0.25) is 5.82 Å². The SMILES string of the molecule is CCc1ccc(C(C)(C)CNC(=NC)NCc2nc(-c3ccco3)n[nH]2)cc1.I. The van der Waals surface area contributed by atoms with Crippen molar-refractivity contribution >= 4 is 29.9 Å². The largest absolute Gasteiger partial charge is 0.461 e. The van der Waals surface area contributed by atoms with Crippen LogP contribution in [0.1, 0.15) is 37.7 Å². The maximum Gasteiger partial charge on any atom is 0.216 e. The lowest BCUT2D eigenvalue weighted by atomic mass is 9.84. The molecule has 0 amide bonds. The summed E-state index contributed by atoms with van der Waals surface area (Å²) in [6.07, 6.45) is 2.66. The maximum atomic E-state index is 5.31. The van der Waals surface area contributed by atoms with Crippen molar-refractivity contribution in [2.45, 2.75) is 39.2 Å². The van der Waals surface area contributed by atoms with Crippen LogP contribution in [0.2, 0.25) is 0 Å². The Morgan fingerprint density at radius 2 is 1.93 bits per heavy atom. The average molecular weight is 508 g/mol. The highest BCUT2D eigenvalue weighted by molar-refractivity contribution is 14.0. The molecule has 0 aliphatic rings. The third kappa shape index (κ3) is 6.06. The summed E-state index contributed by atoms with van der Waals surface area (Å²) in [7, 11) is 1.76. The van der Waals surface area contributed by atoms with Crippen molar-refractivity contribution in [3.8, 4) is 11.6 Å². The van der Waals surface area contributed by atoms with Gasteiger partial charge in [-0.3, -0.25) is 10.1 Å². The number of aromatic amines is 1. The molecule has 2 aromatic heterocycles. The first kappa shape index (κ1) is 22.9. The summed E-state index contributed by atoms with van der Waals surface area (Å²) in [4.78, 5) is 8.72. The molecular formula is C21H29IN6O. The fourth-order valence-electron chi connectivity index (χ4n) is 2.88. The molecule has 0 bridgehead atoms. The highest BCUT2D eigenvalue weighted by Gasteiger charge is 2.21. The molecule has 156 valence electrons. The number of rotatable bonds is 7. The van der Waals surface area contributed by atoms with Crippen molar-refractivity contribution in [1.82, 2.24) is 25.8 Å². The maximum absolute atomic E-state index is 5.31. The lowest BCUT2D eigenvalue weighted by Crippen LogP contribution is -2.43. The van der Waals surface area contributed by atoms with Crippen LogP contribution >= 0.6 is 24.0 Å². The predicted octanol–water partition coefficient (Wildman–Crippen LogP) is 3.89. The van der Waals surface area contributed by atoms with Gasteiger partial charge in [-0.05, 0) is 29.7 Å². The average Bonchev–Trinajstić information content (AvgIpc) is 3.40. The number of nitrogens with zero attached hydrogens (tertiary/aromatic N) is 3. The Bertz CT molecular complexity index is 900. The van der Waals surface area contributed by atoms with Gasteiger partial charge in [-0.25, -0.2) is 4.98 Å². The lowest BCUT2D eigenvalue weighted by Gasteiger charge is -2.27. The van der Waals surface area contributed by atoms with Crippen LogP contribution in [0.25, 0.3) is 11.6 Å². The quantitative estimate of drug-likeness (QED) is 0.256. The lowest BCUT2D eigenvalue weighted by molar-refractivity contribution is 0.508. The number of benzene rings is 1. The molecule has 0 unspecified atom stereocenters. The molecular weight excluding hydrogens is 479 g/mol. The van der Waals surface area contributed by atoms with Crippen molar-refractivity contribution < 1.29 is 4.42 Å². The van der Waals surface area contributed by atoms with E-state index in [9.17, 15) is 0 Å². The number of hydrogen-bond acceptors (Lipinski definition) is 4. The van der Waals surface area contributed by atoms with Crippen LogP contribution in [0.5, 0.6) is 0 Å². The Hall–Kier alpha value is -2.36. The Labute approximate surface area is 188 Å². The van der Waals surface area contributed by atoms with Crippen LogP contribution in [-0.4, -0.2) is 34.7 Å². The monoisotopic (exact) mass is 508 g/mol. The minimum Gasteiger partial charge on any atom is -0.461 e. The second-order valence-corrected chi connectivity index (χ2v) is 7.30. The van der Waals surface area contributed by atoms with Crippen molar-refractivity contribution in [3.63, 3.8) is 0 Å². The highest BCUT2D eigenvalue weighted by atomic mass is 127. The van der Waals surface area contributed by atoms with E-state index in [2.05, 4.69) is 75.8 Å². The van der Waals surface area contributed by atoms with Gasteiger partial charge in [0, 0.05) is 19.0 Å². The minimum absolute atomic E-state index is 0. The van der Waals surface area contributed by atoms with E-state index in [1.165, 1.54) is 11.1 Å². The van der Waals surface area contributed by atoms with Gasteiger partial charge in [0.1, 0.15) is 5.82 Å². The Morgan fingerprint density at radius 1 is 1.17 bits per heavy atom. The smallest absolute Gasteiger partial charge is 0.216 e. The van der Waals surface area contributed by atoms with Crippen molar-refractivity contribution in [1.29, 1.82) is 0 Å². The van der Waals surface area contributed by atoms with Crippen LogP contribution < -0.4 is 10.6 Å². The summed E-state index contributed by atoms with van der Waals surface area (Å²) < 4.78 is 5.31. The van der Waals surface area contributed by atoms with Crippen molar-refractivity contribution in [2.75, 3.05) is 13.6 Å². The molecule has 0 saturated carbocycles.